The first-order valence-electron chi connectivity index (χ1n) is 10.2. The maximum atomic E-state index is 5.73. The highest BCUT2D eigenvalue weighted by Crippen LogP contribution is 2.31. The number of ether oxygens (including phenoxy) is 2. The van der Waals surface area contributed by atoms with Crippen molar-refractivity contribution in [1.82, 2.24) is 0 Å². The Bertz CT molecular complexity index is 742. The SMILES string of the molecule is CCCCCCOCOc1ccc([C](c2ccccc2)c2ccccc2)cc1. The molecule has 0 saturated carbocycles. The molecule has 0 aliphatic carbocycles. The van der Waals surface area contributed by atoms with Gasteiger partial charge in [-0.3, -0.25) is 0 Å². The summed E-state index contributed by atoms with van der Waals surface area (Å²) >= 11 is 0. The highest BCUT2D eigenvalue weighted by Gasteiger charge is 2.17. The Morgan fingerprint density at radius 1 is 0.643 bits per heavy atom. The molecule has 28 heavy (non-hydrogen) atoms. The largest absolute Gasteiger partial charge is 0.468 e. The van der Waals surface area contributed by atoms with Gasteiger partial charge in [-0.15, -0.1) is 0 Å². The van der Waals surface area contributed by atoms with E-state index >= 15 is 0 Å². The first-order chi connectivity index (χ1) is 13.9. The van der Waals surface area contributed by atoms with E-state index in [0.29, 0.717) is 6.79 Å². The molecule has 3 aromatic carbocycles. The third-order valence-corrected chi connectivity index (χ3v) is 4.72. The second-order valence-electron chi connectivity index (χ2n) is 6.86. The Hall–Kier alpha value is -2.58. The van der Waals surface area contributed by atoms with Gasteiger partial charge in [0.2, 0.25) is 0 Å². The van der Waals surface area contributed by atoms with E-state index in [4.69, 9.17) is 9.47 Å². The first kappa shape index (κ1) is 20.2. The first-order valence-corrected chi connectivity index (χ1v) is 10.2. The zero-order valence-electron chi connectivity index (χ0n) is 16.6. The van der Waals surface area contributed by atoms with Crippen molar-refractivity contribution in [3.8, 4) is 5.75 Å². The molecular formula is C26H29O2. The lowest BCUT2D eigenvalue weighted by atomic mass is 9.85. The zero-order valence-corrected chi connectivity index (χ0v) is 16.6. The van der Waals surface area contributed by atoms with Crippen molar-refractivity contribution in [1.29, 1.82) is 0 Å². The van der Waals surface area contributed by atoms with Gasteiger partial charge in [-0.05, 0) is 35.2 Å². The molecular weight excluding hydrogens is 344 g/mol. The quantitative estimate of drug-likeness (QED) is 0.213. The van der Waals surface area contributed by atoms with E-state index in [0.717, 1.165) is 18.8 Å². The van der Waals surface area contributed by atoms with Gasteiger partial charge in [-0.25, -0.2) is 0 Å². The predicted octanol–water partition coefficient (Wildman–Crippen LogP) is 6.64. The fourth-order valence-electron chi connectivity index (χ4n) is 3.23. The molecule has 0 bridgehead atoms. The van der Waals surface area contributed by atoms with E-state index in [1.165, 1.54) is 41.9 Å². The molecule has 0 aliphatic heterocycles. The van der Waals surface area contributed by atoms with Gasteiger partial charge in [-0.1, -0.05) is 99.0 Å². The zero-order chi connectivity index (χ0) is 19.4. The molecule has 0 saturated heterocycles. The summed E-state index contributed by atoms with van der Waals surface area (Å²) in [5, 5.41) is 0. The van der Waals surface area contributed by atoms with Crippen molar-refractivity contribution in [3.05, 3.63) is 108 Å². The predicted molar refractivity (Wildman–Crippen MR) is 115 cm³/mol. The molecule has 1 radical (unpaired) electrons. The summed E-state index contributed by atoms with van der Waals surface area (Å²) in [7, 11) is 0. The van der Waals surface area contributed by atoms with E-state index in [-0.39, 0.29) is 0 Å². The van der Waals surface area contributed by atoms with Crippen LogP contribution in [0.15, 0.2) is 84.9 Å². The van der Waals surface area contributed by atoms with Crippen molar-refractivity contribution >= 4 is 0 Å². The Morgan fingerprint density at radius 2 is 1.21 bits per heavy atom. The van der Waals surface area contributed by atoms with E-state index in [1.54, 1.807) is 0 Å². The van der Waals surface area contributed by atoms with Crippen LogP contribution < -0.4 is 4.74 Å². The number of benzene rings is 3. The maximum absolute atomic E-state index is 5.73. The van der Waals surface area contributed by atoms with Crippen LogP contribution in [0, 0.1) is 5.92 Å². The fraction of sp³-hybridized carbons (Fsp3) is 0.269. The highest BCUT2D eigenvalue weighted by molar-refractivity contribution is 5.57. The molecule has 145 valence electrons. The molecule has 2 heteroatoms. The Labute approximate surface area is 169 Å². The molecule has 3 rings (SSSR count). The van der Waals surface area contributed by atoms with Gasteiger partial charge in [0.25, 0.3) is 0 Å². The number of hydrogen-bond acceptors (Lipinski definition) is 2. The summed E-state index contributed by atoms with van der Waals surface area (Å²) in [6.07, 6.45) is 4.84. The number of hydrogen-bond donors (Lipinski definition) is 0. The Morgan fingerprint density at radius 3 is 1.79 bits per heavy atom. The summed E-state index contributed by atoms with van der Waals surface area (Å²) in [5.74, 6) is 2.05. The van der Waals surface area contributed by atoms with Crippen molar-refractivity contribution in [3.63, 3.8) is 0 Å². The lowest BCUT2D eigenvalue weighted by Gasteiger charge is -2.18. The van der Waals surface area contributed by atoms with E-state index in [2.05, 4.69) is 67.6 Å². The van der Waals surface area contributed by atoms with Crippen LogP contribution in [0.4, 0.5) is 0 Å². The standard InChI is InChI=1S/C26H29O2/c1-2-3-4-11-20-27-21-28-25-18-16-24(17-19-25)26(22-12-7-5-8-13-22)23-14-9-6-10-15-23/h5-10,12-19H,2-4,11,20-21H2,1H3. The van der Waals surface area contributed by atoms with Crippen LogP contribution in [0.3, 0.4) is 0 Å². The third kappa shape index (κ3) is 5.97. The summed E-state index contributed by atoms with van der Waals surface area (Å²) in [6, 6.07) is 29.3. The Kier molecular flexibility index (Phi) is 8.14. The van der Waals surface area contributed by atoms with Crippen LogP contribution in [0.25, 0.3) is 0 Å². The molecule has 0 heterocycles. The monoisotopic (exact) mass is 373 g/mol. The smallest absolute Gasteiger partial charge is 0.189 e. The topological polar surface area (TPSA) is 18.5 Å². The van der Waals surface area contributed by atoms with E-state index in [1.807, 2.05) is 24.3 Å². The van der Waals surface area contributed by atoms with Gasteiger partial charge >= 0.3 is 0 Å². The van der Waals surface area contributed by atoms with Gasteiger partial charge < -0.3 is 9.47 Å². The molecule has 0 unspecified atom stereocenters. The normalized spacial score (nSPS) is 10.9. The average Bonchev–Trinajstić information content (AvgIpc) is 2.76. The van der Waals surface area contributed by atoms with Crippen molar-refractivity contribution in [2.24, 2.45) is 0 Å². The number of rotatable bonds is 11. The van der Waals surface area contributed by atoms with Gasteiger partial charge in [-0.2, -0.15) is 0 Å². The van der Waals surface area contributed by atoms with E-state index in [9.17, 15) is 0 Å². The third-order valence-electron chi connectivity index (χ3n) is 4.72. The summed E-state index contributed by atoms with van der Waals surface area (Å²) < 4.78 is 11.3. The maximum Gasteiger partial charge on any atom is 0.189 e. The van der Waals surface area contributed by atoms with Crippen LogP contribution in [0.1, 0.15) is 49.3 Å². The average molecular weight is 374 g/mol. The van der Waals surface area contributed by atoms with Crippen LogP contribution in [0.2, 0.25) is 0 Å². The molecule has 0 atom stereocenters. The van der Waals surface area contributed by atoms with Gasteiger partial charge in [0.15, 0.2) is 6.79 Å². The minimum absolute atomic E-state index is 0.305. The number of unbranched alkanes of at least 4 members (excludes halogenated alkanes) is 3. The minimum Gasteiger partial charge on any atom is -0.468 e. The summed E-state index contributed by atoms with van der Waals surface area (Å²) in [5.41, 5.74) is 3.58. The Balaban J connectivity index is 1.63. The summed E-state index contributed by atoms with van der Waals surface area (Å²) in [6.45, 7) is 3.28. The van der Waals surface area contributed by atoms with Crippen LogP contribution >= 0.6 is 0 Å². The second-order valence-corrected chi connectivity index (χ2v) is 6.86. The highest BCUT2D eigenvalue weighted by atomic mass is 16.7. The molecule has 2 nitrogen and oxygen atoms in total. The summed E-state index contributed by atoms with van der Waals surface area (Å²) in [4.78, 5) is 0. The van der Waals surface area contributed by atoms with E-state index < -0.39 is 0 Å². The molecule has 0 spiro atoms. The van der Waals surface area contributed by atoms with Crippen molar-refractivity contribution in [2.75, 3.05) is 13.4 Å². The second kappa shape index (κ2) is 11.3. The van der Waals surface area contributed by atoms with Crippen molar-refractivity contribution in [2.45, 2.75) is 32.6 Å². The lowest BCUT2D eigenvalue weighted by molar-refractivity contribution is 0.0135. The van der Waals surface area contributed by atoms with Crippen LogP contribution in [-0.2, 0) is 4.74 Å². The minimum atomic E-state index is 0.305. The van der Waals surface area contributed by atoms with Gasteiger partial charge in [0.1, 0.15) is 5.75 Å². The molecule has 0 fully saturated rings. The van der Waals surface area contributed by atoms with Gasteiger partial charge in [0.05, 0.1) is 12.5 Å². The van der Waals surface area contributed by atoms with Crippen LogP contribution in [-0.4, -0.2) is 13.4 Å². The molecule has 0 aromatic heterocycles. The van der Waals surface area contributed by atoms with Crippen molar-refractivity contribution < 1.29 is 9.47 Å². The van der Waals surface area contributed by atoms with Crippen LogP contribution in [0.5, 0.6) is 5.75 Å². The fourth-order valence-corrected chi connectivity index (χ4v) is 3.23. The lowest BCUT2D eigenvalue weighted by Crippen LogP contribution is -2.06. The molecule has 0 aliphatic rings. The molecule has 0 N–H and O–H groups in total. The molecule has 3 aromatic rings. The molecule has 0 amide bonds. The van der Waals surface area contributed by atoms with Gasteiger partial charge in [0, 0.05) is 0 Å².